The second-order valence-corrected chi connectivity index (χ2v) is 5.67. The third-order valence-corrected chi connectivity index (χ3v) is 4.11. The monoisotopic (exact) mass is 227 g/mol. The number of thiophene rings is 1. The van der Waals surface area contributed by atoms with Crippen LogP contribution in [0.1, 0.15) is 30.7 Å². The van der Waals surface area contributed by atoms with Crippen molar-refractivity contribution >= 4 is 11.3 Å². The standard InChI is InChI=1S/C12H21NOS/c1-10-5-8-15-11(10)9-13(4)12(2,3)6-7-14/h5,8,14H,6-7,9H2,1-4H3. The van der Waals surface area contributed by atoms with Crippen LogP contribution in [0.2, 0.25) is 0 Å². The second kappa shape index (κ2) is 5.10. The zero-order chi connectivity index (χ0) is 11.5. The van der Waals surface area contributed by atoms with Gasteiger partial charge in [-0.05, 0) is 51.2 Å². The van der Waals surface area contributed by atoms with E-state index in [1.807, 2.05) is 11.3 Å². The maximum atomic E-state index is 9.01. The number of rotatable bonds is 5. The first-order valence-corrected chi connectivity index (χ1v) is 6.20. The van der Waals surface area contributed by atoms with Crippen LogP contribution in [-0.2, 0) is 6.54 Å². The van der Waals surface area contributed by atoms with E-state index >= 15 is 0 Å². The number of hydrogen-bond donors (Lipinski definition) is 1. The van der Waals surface area contributed by atoms with Crippen molar-refractivity contribution in [1.29, 1.82) is 0 Å². The number of hydrogen-bond acceptors (Lipinski definition) is 3. The van der Waals surface area contributed by atoms with E-state index in [4.69, 9.17) is 5.11 Å². The van der Waals surface area contributed by atoms with Crippen LogP contribution < -0.4 is 0 Å². The Balaban J connectivity index is 2.63. The maximum absolute atomic E-state index is 9.01. The van der Waals surface area contributed by atoms with Crippen LogP contribution >= 0.6 is 11.3 Å². The summed E-state index contributed by atoms with van der Waals surface area (Å²) in [6, 6.07) is 2.16. The van der Waals surface area contributed by atoms with Gasteiger partial charge in [0.15, 0.2) is 0 Å². The van der Waals surface area contributed by atoms with Crippen molar-refractivity contribution in [1.82, 2.24) is 4.90 Å². The average Bonchev–Trinajstić information content (AvgIpc) is 2.52. The van der Waals surface area contributed by atoms with Gasteiger partial charge in [0.2, 0.25) is 0 Å². The molecule has 0 fully saturated rings. The predicted molar refractivity (Wildman–Crippen MR) is 66.3 cm³/mol. The van der Waals surface area contributed by atoms with Crippen LogP contribution in [0.5, 0.6) is 0 Å². The first-order valence-electron chi connectivity index (χ1n) is 5.32. The molecule has 1 heterocycles. The highest BCUT2D eigenvalue weighted by Gasteiger charge is 2.23. The van der Waals surface area contributed by atoms with Crippen molar-refractivity contribution in [3.8, 4) is 0 Å². The summed E-state index contributed by atoms with van der Waals surface area (Å²) in [7, 11) is 2.12. The van der Waals surface area contributed by atoms with Gasteiger partial charge >= 0.3 is 0 Å². The highest BCUT2D eigenvalue weighted by atomic mass is 32.1. The molecule has 0 aromatic carbocycles. The quantitative estimate of drug-likeness (QED) is 0.836. The summed E-state index contributed by atoms with van der Waals surface area (Å²) < 4.78 is 0. The molecule has 1 aromatic rings. The first-order chi connectivity index (χ1) is 6.97. The highest BCUT2D eigenvalue weighted by Crippen LogP contribution is 2.23. The Kier molecular flexibility index (Phi) is 4.32. The molecule has 0 bridgehead atoms. The number of aryl methyl sites for hydroxylation is 1. The molecule has 0 saturated heterocycles. The molecule has 0 aliphatic carbocycles. The molecule has 0 aliphatic heterocycles. The second-order valence-electron chi connectivity index (χ2n) is 4.67. The Bertz CT molecular complexity index is 306. The molecule has 0 saturated carbocycles. The molecule has 2 nitrogen and oxygen atoms in total. The molecule has 3 heteroatoms. The van der Waals surface area contributed by atoms with Gasteiger partial charge in [-0.25, -0.2) is 0 Å². The summed E-state index contributed by atoms with van der Waals surface area (Å²) in [4.78, 5) is 3.73. The topological polar surface area (TPSA) is 23.5 Å². The molecular formula is C12H21NOS. The van der Waals surface area contributed by atoms with Crippen molar-refractivity contribution in [2.24, 2.45) is 0 Å². The summed E-state index contributed by atoms with van der Waals surface area (Å²) in [5.41, 5.74) is 1.43. The smallest absolute Gasteiger partial charge is 0.0448 e. The van der Waals surface area contributed by atoms with E-state index in [-0.39, 0.29) is 12.1 Å². The fourth-order valence-corrected chi connectivity index (χ4v) is 2.42. The minimum absolute atomic E-state index is 0.0607. The Hall–Kier alpha value is -0.380. The van der Waals surface area contributed by atoms with Crippen molar-refractivity contribution in [3.05, 3.63) is 21.9 Å². The summed E-state index contributed by atoms with van der Waals surface area (Å²) in [5.74, 6) is 0. The fraction of sp³-hybridized carbons (Fsp3) is 0.667. The SMILES string of the molecule is Cc1ccsc1CN(C)C(C)(C)CCO. The first kappa shape index (κ1) is 12.7. The molecule has 1 N–H and O–H groups in total. The largest absolute Gasteiger partial charge is 0.396 e. The van der Waals surface area contributed by atoms with Crippen LogP contribution in [0, 0.1) is 6.92 Å². The van der Waals surface area contributed by atoms with Gasteiger partial charge in [0.05, 0.1) is 0 Å². The van der Waals surface area contributed by atoms with E-state index in [9.17, 15) is 0 Å². The van der Waals surface area contributed by atoms with Gasteiger partial charge in [-0.15, -0.1) is 11.3 Å². The summed E-state index contributed by atoms with van der Waals surface area (Å²) >= 11 is 1.81. The van der Waals surface area contributed by atoms with E-state index in [2.05, 4.69) is 44.2 Å². The summed E-state index contributed by atoms with van der Waals surface area (Å²) in [5, 5.41) is 11.1. The Labute approximate surface area is 96.5 Å². The van der Waals surface area contributed by atoms with Gasteiger partial charge in [-0.1, -0.05) is 0 Å². The normalized spacial score (nSPS) is 12.4. The van der Waals surface area contributed by atoms with E-state index < -0.39 is 0 Å². The molecule has 0 radical (unpaired) electrons. The van der Waals surface area contributed by atoms with Crippen LogP contribution in [0.3, 0.4) is 0 Å². The Morgan fingerprint density at radius 1 is 1.47 bits per heavy atom. The van der Waals surface area contributed by atoms with Gasteiger partial charge in [0.1, 0.15) is 0 Å². The maximum Gasteiger partial charge on any atom is 0.0448 e. The molecule has 0 atom stereocenters. The number of nitrogens with zero attached hydrogens (tertiary/aromatic N) is 1. The van der Waals surface area contributed by atoms with Crippen LogP contribution in [0.15, 0.2) is 11.4 Å². The van der Waals surface area contributed by atoms with Gasteiger partial charge in [-0.2, -0.15) is 0 Å². The van der Waals surface area contributed by atoms with Gasteiger partial charge in [0.25, 0.3) is 0 Å². The molecule has 0 unspecified atom stereocenters. The lowest BCUT2D eigenvalue weighted by atomic mass is 9.99. The van der Waals surface area contributed by atoms with E-state index in [0.29, 0.717) is 0 Å². The van der Waals surface area contributed by atoms with Crippen molar-refractivity contribution in [2.75, 3.05) is 13.7 Å². The summed E-state index contributed by atoms with van der Waals surface area (Å²) in [6.45, 7) is 7.72. The van der Waals surface area contributed by atoms with Crippen molar-refractivity contribution < 1.29 is 5.11 Å². The van der Waals surface area contributed by atoms with Crippen molar-refractivity contribution in [2.45, 2.75) is 39.3 Å². The van der Waals surface area contributed by atoms with Gasteiger partial charge < -0.3 is 5.11 Å². The number of aliphatic hydroxyl groups is 1. The van der Waals surface area contributed by atoms with Crippen LogP contribution in [0.25, 0.3) is 0 Å². The Morgan fingerprint density at radius 2 is 2.13 bits per heavy atom. The molecule has 15 heavy (non-hydrogen) atoms. The fourth-order valence-electron chi connectivity index (χ4n) is 1.46. The molecule has 0 amide bonds. The molecule has 1 rings (SSSR count). The molecular weight excluding hydrogens is 206 g/mol. The average molecular weight is 227 g/mol. The minimum atomic E-state index is 0.0607. The lowest BCUT2D eigenvalue weighted by Gasteiger charge is -2.35. The molecule has 86 valence electrons. The molecule has 0 aliphatic rings. The van der Waals surface area contributed by atoms with Crippen LogP contribution in [0.4, 0.5) is 0 Å². The zero-order valence-corrected chi connectivity index (χ0v) is 10.9. The Morgan fingerprint density at radius 3 is 2.60 bits per heavy atom. The van der Waals surface area contributed by atoms with Crippen LogP contribution in [-0.4, -0.2) is 29.2 Å². The van der Waals surface area contributed by atoms with Crippen molar-refractivity contribution in [3.63, 3.8) is 0 Å². The molecule has 0 spiro atoms. The zero-order valence-electron chi connectivity index (χ0n) is 10.1. The third-order valence-electron chi connectivity index (χ3n) is 3.11. The van der Waals surface area contributed by atoms with E-state index in [1.54, 1.807) is 0 Å². The third kappa shape index (κ3) is 3.30. The summed E-state index contributed by atoms with van der Waals surface area (Å²) in [6.07, 6.45) is 0.813. The van der Waals surface area contributed by atoms with Gasteiger partial charge in [-0.3, -0.25) is 4.90 Å². The highest BCUT2D eigenvalue weighted by molar-refractivity contribution is 7.10. The lowest BCUT2D eigenvalue weighted by molar-refractivity contribution is 0.111. The lowest BCUT2D eigenvalue weighted by Crippen LogP contribution is -2.41. The number of aliphatic hydroxyl groups excluding tert-OH is 1. The predicted octanol–water partition coefficient (Wildman–Crippen LogP) is 2.65. The minimum Gasteiger partial charge on any atom is -0.396 e. The van der Waals surface area contributed by atoms with Gasteiger partial charge in [0, 0.05) is 23.6 Å². The van der Waals surface area contributed by atoms with E-state index in [1.165, 1.54) is 10.4 Å². The van der Waals surface area contributed by atoms with E-state index in [0.717, 1.165) is 13.0 Å². The molecule has 1 aromatic heterocycles.